The lowest BCUT2D eigenvalue weighted by Crippen LogP contribution is -2.31. The fourth-order valence-corrected chi connectivity index (χ4v) is 4.59. The van der Waals surface area contributed by atoms with Crippen molar-refractivity contribution in [1.82, 2.24) is 15.1 Å². The van der Waals surface area contributed by atoms with E-state index < -0.39 is 0 Å². The van der Waals surface area contributed by atoms with Crippen molar-refractivity contribution in [2.45, 2.75) is 26.3 Å². The number of carbonyl (C=O) groups excluding carboxylic acids is 1. The van der Waals surface area contributed by atoms with Crippen LogP contribution in [0.4, 0.5) is 0 Å². The third kappa shape index (κ3) is 3.52. The fraction of sp³-hybridized carbons (Fsp3) is 0.304. The predicted molar refractivity (Wildman–Crippen MR) is 119 cm³/mol. The molecule has 156 valence electrons. The highest BCUT2D eigenvalue weighted by Crippen LogP contribution is 2.45. The van der Waals surface area contributed by atoms with Crippen molar-refractivity contribution in [2.75, 3.05) is 20.3 Å². The Balaban J connectivity index is 1.88. The molecule has 4 rings (SSSR count). The minimum absolute atomic E-state index is 0.0892. The monoisotopic (exact) mass is 469 g/mol. The number of aromatic nitrogens is 2. The van der Waals surface area contributed by atoms with Crippen LogP contribution in [0.1, 0.15) is 45.2 Å². The van der Waals surface area contributed by atoms with Gasteiger partial charge in [-0.05, 0) is 55.2 Å². The number of fused-ring (bicyclic) bond motifs is 1. The summed E-state index contributed by atoms with van der Waals surface area (Å²) in [6.45, 7) is 4.99. The Kier molecular flexibility index (Phi) is 5.66. The van der Waals surface area contributed by atoms with Crippen molar-refractivity contribution in [3.63, 3.8) is 0 Å². The maximum absolute atomic E-state index is 13.3. The number of aromatic hydroxyl groups is 1. The molecule has 2 heterocycles. The number of ether oxygens (including phenoxy) is 1. The van der Waals surface area contributed by atoms with Crippen molar-refractivity contribution >= 4 is 21.8 Å². The summed E-state index contributed by atoms with van der Waals surface area (Å²) in [5, 5.41) is 18.2. The molecule has 2 aromatic carbocycles. The quantitative estimate of drug-likeness (QED) is 0.510. The molecule has 0 fully saturated rings. The van der Waals surface area contributed by atoms with Gasteiger partial charge in [-0.1, -0.05) is 34.1 Å². The lowest BCUT2D eigenvalue weighted by atomic mass is 9.94. The Labute approximate surface area is 184 Å². The van der Waals surface area contributed by atoms with Crippen LogP contribution in [0.3, 0.4) is 0 Å². The molecule has 0 bridgehead atoms. The molecule has 30 heavy (non-hydrogen) atoms. The van der Waals surface area contributed by atoms with Crippen LogP contribution in [0.5, 0.6) is 5.75 Å². The number of hydrogen-bond donors (Lipinski definition) is 2. The highest BCUT2D eigenvalue weighted by molar-refractivity contribution is 9.10. The number of aromatic amines is 1. The second-order valence-corrected chi connectivity index (χ2v) is 8.56. The van der Waals surface area contributed by atoms with Gasteiger partial charge in [0.2, 0.25) is 0 Å². The van der Waals surface area contributed by atoms with Crippen LogP contribution < -0.4 is 0 Å². The fourth-order valence-electron chi connectivity index (χ4n) is 4.18. The molecule has 0 radical (unpaired) electrons. The number of phenols is 1. The molecule has 1 unspecified atom stereocenters. The average Bonchev–Trinajstić information content (AvgIpc) is 3.24. The first-order chi connectivity index (χ1) is 14.4. The first-order valence-electron chi connectivity index (χ1n) is 9.86. The molecule has 7 heteroatoms. The number of benzene rings is 2. The Bertz CT molecular complexity index is 1110. The summed E-state index contributed by atoms with van der Waals surface area (Å²) in [5.41, 5.74) is 5.32. The first kappa shape index (κ1) is 20.6. The van der Waals surface area contributed by atoms with Crippen LogP contribution in [-0.2, 0) is 4.74 Å². The van der Waals surface area contributed by atoms with Gasteiger partial charge in [-0.25, -0.2) is 0 Å². The molecule has 6 nitrogen and oxygen atoms in total. The third-order valence-corrected chi connectivity index (χ3v) is 5.97. The SMILES string of the molecule is COCCCN1C(=O)c2[nH]nc(-c3cc(C)cc(C)c3O)c2C1c1cccc(Br)c1. The summed E-state index contributed by atoms with van der Waals surface area (Å²) in [6, 6.07) is 11.5. The molecule has 1 amide bonds. The zero-order valence-electron chi connectivity index (χ0n) is 17.2. The maximum Gasteiger partial charge on any atom is 0.273 e. The number of halogens is 1. The Morgan fingerprint density at radius 3 is 2.80 bits per heavy atom. The minimum atomic E-state index is -0.296. The number of amides is 1. The van der Waals surface area contributed by atoms with Crippen LogP contribution in [0.2, 0.25) is 0 Å². The molecule has 0 aliphatic carbocycles. The average molecular weight is 470 g/mol. The van der Waals surface area contributed by atoms with Crippen LogP contribution in [0.15, 0.2) is 40.9 Å². The number of H-pyrrole nitrogens is 1. The molecule has 1 aromatic heterocycles. The minimum Gasteiger partial charge on any atom is -0.507 e. The van der Waals surface area contributed by atoms with Gasteiger partial charge in [0.15, 0.2) is 0 Å². The molecule has 1 atom stereocenters. The van der Waals surface area contributed by atoms with Crippen molar-refractivity contribution in [3.05, 3.63) is 68.8 Å². The summed E-state index contributed by atoms with van der Waals surface area (Å²) in [7, 11) is 1.66. The van der Waals surface area contributed by atoms with E-state index in [1.165, 1.54) is 0 Å². The van der Waals surface area contributed by atoms with E-state index in [1.807, 2.05) is 55.1 Å². The number of nitrogens with one attached hydrogen (secondary N) is 1. The molecule has 2 N–H and O–H groups in total. The van der Waals surface area contributed by atoms with Gasteiger partial charge >= 0.3 is 0 Å². The topological polar surface area (TPSA) is 78.5 Å². The summed E-state index contributed by atoms with van der Waals surface area (Å²) in [5.74, 6) is 0.0990. The second kappa shape index (κ2) is 8.24. The zero-order chi connectivity index (χ0) is 21.4. The standard InChI is InChI=1S/C23H24BrN3O3/c1-13-10-14(2)22(28)17(11-13)19-18-20(26-25-19)23(29)27(8-5-9-30-3)21(18)15-6-4-7-16(24)12-15/h4,6-7,10-12,21,28H,5,8-9H2,1-3H3,(H,25,26). The Morgan fingerprint density at radius 1 is 1.27 bits per heavy atom. The van der Waals surface area contributed by atoms with Crippen molar-refractivity contribution in [1.29, 1.82) is 0 Å². The molecule has 0 spiro atoms. The molecule has 0 saturated carbocycles. The predicted octanol–water partition coefficient (Wildman–Crippen LogP) is 4.74. The van der Waals surface area contributed by atoms with Gasteiger partial charge in [-0.2, -0.15) is 5.10 Å². The second-order valence-electron chi connectivity index (χ2n) is 7.64. The molecule has 1 aliphatic rings. The summed E-state index contributed by atoms with van der Waals surface area (Å²) in [6.07, 6.45) is 0.731. The number of rotatable bonds is 6. The van der Waals surface area contributed by atoms with Gasteiger partial charge in [0.05, 0.1) is 6.04 Å². The first-order valence-corrected chi connectivity index (χ1v) is 10.7. The number of carbonyl (C=O) groups is 1. The van der Waals surface area contributed by atoms with Crippen molar-refractivity contribution in [3.8, 4) is 17.0 Å². The normalized spacial score (nSPS) is 15.7. The molecule has 0 saturated heterocycles. The Hall–Kier alpha value is -2.64. The summed E-state index contributed by atoms with van der Waals surface area (Å²) < 4.78 is 6.13. The van der Waals surface area contributed by atoms with Gasteiger partial charge in [-0.15, -0.1) is 0 Å². The van der Waals surface area contributed by atoms with Gasteiger partial charge in [0, 0.05) is 35.9 Å². The van der Waals surface area contributed by atoms with Crippen molar-refractivity contribution < 1.29 is 14.6 Å². The summed E-state index contributed by atoms with van der Waals surface area (Å²) in [4.78, 5) is 15.1. The van der Waals surface area contributed by atoms with Crippen LogP contribution in [0.25, 0.3) is 11.3 Å². The Morgan fingerprint density at radius 2 is 2.07 bits per heavy atom. The van der Waals surface area contributed by atoms with E-state index in [0.717, 1.165) is 33.1 Å². The summed E-state index contributed by atoms with van der Waals surface area (Å²) >= 11 is 3.55. The van der Waals surface area contributed by atoms with E-state index in [1.54, 1.807) is 7.11 Å². The largest absolute Gasteiger partial charge is 0.507 e. The van der Waals surface area contributed by atoms with Crippen LogP contribution >= 0.6 is 15.9 Å². The van der Waals surface area contributed by atoms with Crippen LogP contribution in [-0.4, -0.2) is 46.4 Å². The number of hydrogen-bond acceptors (Lipinski definition) is 4. The number of aryl methyl sites for hydroxylation is 2. The van der Waals surface area contributed by atoms with Crippen molar-refractivity contribution in [2.24, 2.45) is 0 Å². The van der Waals surface area contributed by atoms with Crippen LogP contribution in [0, 0.1) is 13.8 Å². The third-order valence-electron chi connectivity index (χ3n) is 5.48. The van der Waals surface area contributed by atoms with E-state index in [4.69, 9.17) is 4.74 Å². The molecular weight excluding hydrogens is 446 g/mol. The van der Waals surface area contributed by atoms with E-state index >= 15 is 0 Å². The molecule has 1 aliphatic heterocycles. The van der Waals surface area contributed by atoms with Gasteiger partial charge in [0.25, 0.3) is 5.91 Å². The number of nitrogens with zero attached hydrogens (tertiary/aromatic N) is 2. The lowest BCUT2D eigenvalue weighted by molar-refractivity contribution is 0.0723. The molecule has 3 aromatic rings. The molecular formula is C23H24BrN3O3. The number of phenolic OH excluding ortho intramolecular Hbond substituents is 1. The van der Waals surface area contributed by atoms with Gasteiger partial charge in [-0.3, -0.25) is 9.89 Å². The van der Waals surface area contributed by atoms with E-state index in [0.29, 0.717) is 30.1 Å². The van der Waals surface area contributed by atoms with Gasteiger partial charge < -0.3 is 14.7 Å². The van der Waals surface area contributed by atoms with Gasteiger partial charge in [0.1, 0.15) is 17.1 Å². The van der Waals surface area contributed by atoms with E-state index in [-0.39, 0.29) is 17.7 Å². The van der Waals surface area contributed by atoms with E-state index in [2.05, 4.69) is 26.1 Å². The highest BCUT2D eigenvalue weighted by Gasteiger charge is 2.42. The smallest absolute Gasteiger partial charge is 0.273 e. The number of methoxy groups -OCH3 is 1. The van der Waals surface area contributed by atoms with E-state index in [9.17, 15) is 9.90 Å². The highest BCUT2D eigenvalue weighted by atomic mass is 79.9. The maximum atomic E-state index is 13.3. The lowest BCUT2D eigenvalue weighted by Gasteiger charge is -2.26. The zero-order valence-corrected chi connectivity index (χ0v) is 18.8.